The summed E-state index contributed by atoms with van der Waals surface area (Å²) in [5.41, 5.74) is 0.336. The average molecular weight is 621 g/mol. The molecule has 3 heterocycles. The number of alkyl halides is 1. The highest BCUT2D eigenvalue weighted by Crippen LogP contribution is 2.60. The van der Waals surface area contributed by atoms with Crippen LogP contribution in [0.1, 0.15) is 25.3 Å². The van der Waals surface area contributed by atoms with E-state index in [0.717, 1.165) is 22.8 Å². The summed E-state index contributed by atoms with van der Waals surface area (Å²) in [5.74, 6) is -2.50. The predicted octanol–water partition coefficient (Wildman–Crippen LogP) is 3.66. The van der Waals surface area contributed by atoms with Gasteiger partial charge in [-0.25, -0.2) is 0 Å². The third-order valence-electron chi connectivity index (χ3n) is 8.76. The lowest BCUT2D eigenvalue weighted by molar-refractivity contribution is -0.144. The number of carbonyl (C=O) groups excluding carboxylic acids is 3. The average Bonchev–Trinajstić information content (AvgIpc) is 3.58. The molecule has 2 bridgehead atoms. The molecule has 214 valence electrons. The van der Waals surface area contributed by atoms with Gasteiger partial charge in [0.15, 0.2) is 0 Å². The van der Waals surface area contributed by atoms with E-state index in [0.29, 0.717) is 25.1 Å². The molecule has 3 aromatic carbocycles. The lowest BCUT2D eigenvalue weighted by Gasteiger charge is -2.37. The number of benzene rings is 3. The molecule has 9 heteroatoms. The van der Waals surface area contributed by atoms with Gasteiger partial charge in [0, 0.05) is 17.1 Å². The standard InChI is InChI=1S/C32H34BrN3O5/c1-2-14-34-29(38)25-26-31(40)36(23(18-37)15-19-8-4-3-5-9-19)28(32(26)17-24(33)27(25)41-32)30(39)35-22-13-12-20-10-6-7-11-21(20)16-22/h3-13,16,23-28,37H,2,14-15,17-18H2,1H3,(H,34,38)(H,35,39)/t23-,24?,25+,26+,27+,28?,32?/m1/s1. The summed E-state index contributed by atoms with van der Waals surface area (Å²) in [7, 11) is 0. The second-order valence-electron chi connectivity index (χ2n) is 11.3. The third kappa shape index (κ3) is 4.73. The number of aliphatic hydroxyl groups excluding tert-OH is 1. The van der Waals surface area contributed by atoms with Crippen LogP contribution in [-0.4, -0.2) is 69.5 Å². The van der Waals surface area contributed by atoms with Crippen molar-refractivity contribution < 1.29 is 24.2 Å². The van der Waals surface area contributed by atoms with E-state index in [4.69, 9.17) is 4.74 Å². The second kappa shape index (κ2) is 11.2. The van der Waals surface area contributed by atoms with Crippen molar-refractivity contribution in [2.45, 2.75) is 54.8 Å². The minimum absolute atomic E-state index is 0.193. The first-order chi connectivity index (χ1) is 19.9. The number of nitrogens with one attached hydrogen (secondary N) is 2. The number of fused-ring (bicyclic) bond motifs is 2. The Balaban J connectivity index is 1.39. The van der Waals surface area contributed by atoms with E-state index >= 15 is 0 Å². The van der Waals surface area contributed by atoms with Gasteiger partial charge in [-0.15, -0.1) is 0 Å². The maximum Gasteiger partial charge on any atom is 0.250 e. The molecule has 7 atom stereocenters. The van der Waals surface area contributed by atoms with Gasteiger partial charge < -0.3 is 25.4 Å². The van der Waals surface area contributed by atoms with Gasteiger partial charge in [0.1, 0.15) is 11.6 Å². The van der Waals surface area contributed by atoms with Crippen LogP contribution >= 0.6 is 15.9 Å². The van der Waals surface area contributed by atoms with Crippen LogP contribution in [0.25, 0.3) is 10.8 Å². The van der Waals surface area contributed by atoms with Crippen molar-refractivity contribution in [2.24, 2.45) is 11.8 Å². The van der Waals surface area contributed by atoms with Crippen molar-refractivity contribution in [1.82, 2.24) is 10.2 Å². The molecule has 0 saturated carbocycles. The van der Waals surface area contributed by atoms with Crippen LogP contribution in [0, 0.1) is 11.8 Å². The van der Waals surface area contributed by atoms with Crippen molar-refractivity contribution in [3.63, 3.8) is 0 Å². The molecule has 0 aliphatic carbocycles. The Morgan fingerprint density at radius 3 is 2.54 bits per heavy atom. The number of amides is 3. The molecular weight excluding hydrogens is 586 g/mol. The monoisotopic (exact) mass is 619 g/mol. The van der Waals surface area contributed by atoms with Gasteiger partial charge in [0.25, 0.3) is 0 Å². The Morgan fingerprint density at radius 1 is 1.07 bits per heavy atom. The van der Waals surface area contributed by atoms with E-state index in [9.17, 15) is 19.5 Å². The van der Waals surface area contributed by atoms with Crippen molar-refractivity contribution in [1.29, 1.82) is 0 Å². The first kappa shape index (κ1) is 27.9. The lowest BCUT2D eigenvalue weighted by atomic mass is 9.70. The van der Waals surface area contributed by atoms with Gasteiger partial charge in [-0.3, -0.25) is 14.4 Å². The van der Waals surface area contributed by atoms with E-state index in [-0.39, 0.29) is 23.2 Å². The Morgan fingerprint density at radius 2 is 1.80 bits per heavy atom. The van der Waals surface area contributed by atoms with Crippen molar-refractivity contribution in [2.75, 3.05) is 18.5 Å². The normalized spacial score (nSPS) is 29.0. The fraction of sp³-hybridized carbons (Fsp3) is 0.406. The summed E-state index contributed by atoms with van der Waals surface area (Å²) >= 11 is 3.71. The van der Waals surface area contributed by atoms with Crippen LogP contribution in [0.4, 0.5) is 5.69 Å². The number of anilines is 1. The van der Waals surface area contributed by atoms with E-state index < -0.39 is 41.5 Å². The molecule has 8 nitrogen and oxygen atoms in total. The zero-order chi connectivity index (χ0) is 28.7. The Hall–Kier alpha value is -3.27. The summed E-state index contributed by atoms with van der Waals surface area (Å²) in [6.45, 7) is 2.13. The zero-order valence-electron chi connectivity index (χ0n) is 22.8. The molecule has 0 aromatic heterocycles. The summed E-state index contributed by atoms with van der Waals surface area (Å²) in [6, 6.07) is 21.4. The van der Waals surface area contributed by atoms with Crippen LogP contribution in [0.2, 0.25) is 0 Å². The molecule has 0 radical (unpaired) electrons. The summed E-state index contributed by atoms with van der Waals surface area (Å²) in [4.78, 5) is 43.4. The molecular formula is C32H34BrN3O5. The Bertz CT molecular complexity index is 1470. The minimum atomic E-state index is -1.20. The summed E-state index contributed by atoms with van der Waals surface area (Å²) in [5, 5.41) is 18.6. The van der Waals surface area contributed by atoms with Crippen molar-refractivity contribution in [3.8, 4) is 0 Å². The van der Waals surface area contributed by atoms with Crippen molar-refractivity contribution >= 4 is 50.1 Å². The van der Waals surface area contributed by atoms with Gasteiger partial charge in [-0.1, -0.05) is 83.5 Å². The minimum Gasteiger partial charge on any atom is -0.394 e. The SMILES string of the molecule is CCCNC(=O)[C@H]1[C@H]2C(=O)N([C@@H](CO)Cc3ccccc3)C(C(=O)Nc3ccc4ccccc4c3)C23CC(Br)[C@@H]1O3. The number of nitrogens with zero attached hydrogens (tertiary/aromatic N) is 1. The molecule has 1 spiro atoms. The van der Waals surface area contributed by atoms with Crippen LogP contribution in [-0.2, 0) is 25.5 Å². The van der Waals surface area contributed by atoms with Gasteiger partial charge >= 0.3 is 0 Å². The first-order valence-electron chi connectivity index (χ1n) is 14.2. The molecule has 3 aliphatic heterocycles. The third-order valence-corrected chi connectivity index (χ3v) is 9.61. The van der Waals surface area contributed by atoms with Gasteiger partial charge in [-0.2, -0.15) is 0 Å². The zero-order valence-corrected chi connectivity index (χ0v) is 24.4. The fourth-order valence-electron chi connectivity index (χ4n) is 7.04. The van der Waals surface area contributed by atoms with Crippen LogP contribution in [0.3, 0.4) is 0 Å². The number of hydrogen-bond donors (Lipinski definition) is 3. The number of ether oxygens (including phenoxy) is 1. The predicted molar refractivity (Wildman–Crippen MR) is 159 cm³/mol. The van der Waals surface area contributed by atoms with Crippen LogP contribution in [0.15, 0.2) is 72.8 Å². The number of halogens is 1. The Kier molecular flexibility index (Phi) is 7.61. The molecule has 3 N–H and O–H groups in total. The molecule has 3 fully saturated rings. The Labute approximate surface area is 247 Å². The maximum atomic E-state index is 14.4. The van der Waals surface area contributed by atoms with Crippen molar-refractivity contribution in [3.05, 3.63) is 78.4 Å². The lowest BCUT2D eigenvalue weighted by Crippen LogP contribution is -2.57. The molecule has 41 heavy (non-hydrogen) atoms. The number of carbonyl (C=O) groups is 3. The molecule has 3 aromatic rings. The highest BCUT2D eigenvalue weighted by Gasteiger charge is 2.77. The molecule has 3 unspecified atom stereocenters. The van der Waals surface area contributed by atoms with E-state index in [1.807, 2.05) is 79.7 Å². The van der Waals surface area contributed by atoms with Crippen LogP contribution < -0.4 is 10.6 Å². The van der Waals surface area contributed by atoms with E-state index in [1.54, 1.807) is 0 Å². The maximum absolute atomic E-state index is 14.4. The number of rotatable bonds is 9. The highest BCUT2D eigenvalue weighted by atomic mass is 79.9. The van der Waals surface area contributed by atoms with Crippen LogP contribution in [0.5, 0.6) is 0 Å². The topological polar surface area (TPSA) is 108 Å². The largest absolute Gasteiger partial charge is 0.394 e. The highest BCUT2D eigenvalue weighted by molar-refractivity contribution is 9.09. The number of aliphatic hydroxyl groups is 1. The van der Waals surface area contributed by atoms with E-state index in [2.05, 4.69) is 26.6 Å². The van der Waals surface area contributed by atoms with Gasteiger partial charge in [0.05, 0.1) is 30.6 Å². The smallest absolute Gasteiger partial charge is 0.250 e. The first-order valence-corrected chi connectivity index (χ1v) is 15.2. The van der Waals surface area contributed by atoms with Gasteiger partial charge in [0.2, 0.25) is 17.7 Å². The molecule has 3 amide bonds. The molecule has 6 rings (SSSR count). The molecule has 3 saturated heterocycles. The second-order valence-corrected chi connectivity index (χ2v) is 12.5. The quantitative estimate of drug-likeness (QED) is 0.317. The van der Waals surface area contributed by atoms with E-state index in [1.165, 1.54) is 4.90 Å². The summed E-state index contributed by atoms with van der Waals surface area (Å²) < 4.78 is 6.58. The number of likely N-dealkylation sites (tertiary alicyclic amines) is 1. The summed E-state index contributed by atoms with van der Waals surface area (Å²) in [6.07, 6.45) is 1.000. The number of hydrogen-bond acceptors (Lipinski definition) is 5. The molecule has 3 aliphatic rings. The van der Waals surface area contributed by atoms with Gasteiger partial charge in [-0.05, 0) is 47.7 Å². The fourth-order valence-corrected chi connectivity index (χ4v) is 7.98.